The van der Waals surface area contributed by atoms with E-state index < -0.39 is 35.1 Å². The van der Waals surface area contributed by atoms with Gasteiger partial charge in [0.1, 0.15) is 11.5 Å². The number of pyridine rings is 1. The normalized spacial score (nSPS) is 11.2. The van der Waals surface area contributed by atoms with Gasteiger partial charge in [-0.3, -0.25) is 14.6 Å². The van der Waals surface area contributed by atoms with Crippen molar-refractivity contribution < 1.29 is 27.2 Å². The number of primary amides is 1. The van der Waals surface area contributed by atoms with Gasteiger partial charge in [-0.25, -0.2) is 4.39 Å². The van der Waals surface area contributed by atoms with Crippen molar-refractivity contribution in [3.05, 3.63) is 57.6 Å². The molecule has 24 heavy (non-hydrogen) atoms. The van der Waals surface area contributed by atoms with Gasteiger partial charge < -0.3 is 11.1 Å². The maximum atomic E-state index is 13.4. The highest BCUT2D eigenvalue weighted by Crippen LogP contribution is 2.30. The number of rotatable bonds is 3. The maximum absolute atomic E-state index is 13.4. The molecule has 2 aromatic rings. The summed E-state index contributed by atoms with van der Waals surface area (Å²) < 4.78 is 51.4. The number of halogens is 5. The molecule has 0 spiro atoms. The Morgan fingerprint density at radius 2 is 1.83 bits per heavy atom. The molecule has 0 unspecified atom stereocenters. The van der Waals surface area contributed by atoms with Crippen molar-refractivity contribution in [1.29, 1.82) is 0 Å². The van der Waals surface area contributed by atoms with Crippen LogP contribution in [0.2, 0.25) is 0 Å². The molecule has 1 aromatic heterocycles. The summed E-state index contributed by atoms with van der Waals surface area (Å²) in [6, 6.07) is 3.59. The molecule has 0 radical (unpaired) electrons. The van der Waals surface area contributed by atoms with Crippen LogP contribution in [0.15, 0.2) is 34.9 Å². The van der Waals surface area contributed by atoms with Gasteiger partial charge in [-0.2, -0.15) is 13.2 Å². The fraction of sp³-hybridized carbons (Fsp3) is 0.0714. The first kappa shape index (κ1) is 17.9. The Labute approximate surface area is 141 Å². The van der Waals surface area contributed by atoms with Crippen LogP contribution in [0, 0.1) is 5.82 Å². The maximum Gasteiger partial charge on any atom is 0.433 e. The lowest BCUT2D eigenvalue weighted by Gasteiger charge is -2.11. The number of anilines is 1. The molecule has 2 rings (SSSR count). The van der Waals surface area contributed by atoms with Crippen LogP contribution in [-0.2, 0) is 6.18 Å². The zero-order valence-corrected chi connectivity index (χ0v) is 13.2. The SMILES string of the molecule is NC(=O)c1cc(NC(=O)c2cc(C(F)(F)F)ncc2Br)ccc1F. The Balaban J connectivity index is 2.34. The molecule has 0 fully saturated rings. The number of hydrogen-bond donors (Lipinski definition) is 2. The van der Waals surface area contributed by atoms with E-state index >= 15 is 0 Å². The van der Waals surface area contributed by atoms with Gasteiger partial charge in [0, 0.05) is 16.4 Å². The molecular formula is C14H8BrF4N3O2. The summed E-state index contributed by atoms with van der Waals surface area (Å²) in [5, 5.41) is 2.26. The molecule has 5 nitrogen and oxygen atoms in total. The summed E-state index contributed by atoms with van der Waals surface area (Å²) in [4.78, 5) is 26.4. The third kappa shape index (κ3) is 3.88. The first-order valence-electron chi connectivity index (χ1n) is 6.23. The minimum absolute atomic E-state index is 0.00697. The van der Waals surface area contributed by atoms with E-state index in [1.165, 1.54) is 0 Å². The third-order valence-electron chi connectivity index (χ3n) is 2.88. The highest BCUT2D eigenvalue weighted by Gasteiger charge is 2.33. The third-order valence-corrected chi connectivity index (χ3v) is 3.51. The summed E-state index contributed by atoms with van der Waals surface area (Å²) in [6.45, 7) is 0. The molecule has 0 aliphatic rings. The second-order valence-electron chi connectivity index (χ2n) is 4.56. The van der Waals surface area contributed by atoms with Crippen LogP contribution in [0.1, 0.15) is 26.4 Å². The first-order valence-corrected chi connectivity index (χ1v) is 7.02. The van der Waals surface area contributed by atoms with Crippen LogP contribution in [-0.4, -0.2) is 16.8 Å². The molecule has 2 amide bonds. The van der Waals surface area contributed by atoms with Crippen molar-refractivity contribution in [2.24, 2.45) is 5.73 Å². The summed E-state index contributed by atoms with van der Waals surface area (Å²) >= 11 is 2.94. The molecule has 0 saturated carbocycles. The Bertz CT molecular complexity index is 824. The molecule has 0 bridgehead atoms. The van der Waals surface area contributed by atoms with E-state index in [1.807, 2.05) is 0 Å². The second-order valence-corrected chi connectivity index (χ2v) is 5.41. The Morgan fingerprint density at radius 3 is 2.42 bits per heavy atom. The molecule has 3 N–H and O–H groups in total. The predicted octanol–water partition coefficient (Wildman–Crippen LogP) is 3.35. The summed E-state index contributed by atoms with van der Waals surface area (Å²) in [7, 11) is 0. The van der Waals surface area contributed by atoms with Crippen LogP contribution in [0.3, 0.4) is 0 Å². The zero-order chi connectivity index (χ0) is 18.1. The fourth-order valence-corrected chi connectivity index (χ4v) is 2.15. The van der Waals surface area contributed by atoms with Crippen molar-refractivity contribution in [2.45, 2.75) is 6.18 Å². The van der Waals surface area contributed by atoms with E-state index in [2.05, 4.69) is 26.2 Å². The van der Waals surface area contributed by atoms with Crippen molar-refractivity contribution in [3.63, 3.8) is 0 Å². The second kappa shape index (κ2) is 6.56. The number of carbonyl (C=O) groups excluding carboxylic acids is 2. The van der Waals surface area contributed by atoms with Gasteiger partial charge >= 0.3 is 6.18 Å². The van der Waals surface area contributed by atoms with Gasteiger partial charge in [-0.05, 0) is 40.2 Å². The Kier molecular flexibility index (Phi) is 4.88. The predicted molar refractivity (Wildman–Crippen MR) is 79.8 cm³/mol. The summed E-state index contributed by atoms with van der Waals surface area (Å²) in [6.07, 6.45) is -3.87. The standard InChI is InChI=1S/C14H8BrF4N3O2/c15-9-5-21-11(14(17,18)19)4-7(9)13(24)22-6-1-2-10(16)8(3-6)12(20)23/h1-5H,(H2,20,23)(H,22,24). The van der Waals surface area contributed by atoms with E-state index in [-0.39, 0.29) is 15.7 Å². The lowest BCUT2D eigenvalue weighted by molar-refractivity contribution is -0.141. The molecule has 10 heteroatoms. The topological polar surface area (TPSA) is 85.1 Å². The number of aromatic nitrogens is 1. The lowest BCUT2D eigenvalue weighted by Crippen LogP contribution is -2.17. The van der Waals surface area contributed by atoms with Crippen LogP contribution < -0.4 is 11.1 Å². The van der Waals surface area contributed by atoms with Gasteiger partial charge in [0.05, 0.1) is 11.1 Å². The number of hydrogen-bond acceptors (Lipinski definition) is 3. The van der Waals surface area contributed by atoms with Crippen molar-refractivity contribution in [1.82, 2.24) is 4.98 Å². The largest absolute Gasteiger partial charge is 0.433 e. The number of benzene rings is 1. The van der Waals surface area contributed by atoms with E-state index in [0.29, 0.717) is 6.07 Å². The van der Waals surface area contributed by atoms with Crippen molar-refractivity contribution in [2.75, 3.05) is 5.32 Å². The molecule has 1 aromatic carbocycles. The number of amides is 2. The molecule has 0 saturated heterocycles. The number of nitrogens with one attached hydrogen (secondary N) is 1. The minimum Gasteiger partial charge on any atom is -0.366 e. The smallest absolute Gasteiger partial charge is 0.366 e. The number of alkyl halides is 3. The number of nitrogens with zero attached hydrogens (tertiary/aromatic N) is 1. The highest BCUT2D eigenvalue weighted by atomic mass is 79.9. The number of carbonyl (C=O) groups is 2. The van der Waals surface area contributed by atoms with Crippen molar-refractivity contribution in [3.8, 4) is 0 Å². The van der Waals surface area contributed by atoms with Crippen LogP contribution in [0.5, 0.6) is 0 Å². The molecular weight excluding hydrogens is 398 g/mol. The summed E-state index contributed by atoms with van der Waals surface area (Å²) in [5.41, 5.74) is 2.94. The monoisotopic (exact) mass is 405 g/mol. The van der Waals surface area contributed by atoms with Gasteiger partial charge in [0.25, 0.3) is 11.8 Å². The molecule has 126 valence electrons. The Hall–Kier alpha value is -2.49. The average molecular weight is 406 g/mol. The zero-order valence-electron chi connectivity index (χ0n) is 11.6. The van der Waals surface area contributed by atoms with E-state index in [4.69, 9.17) is 5.73 Å². The quantitative estimate of drug-likeness (QED) is 0.767. The van der Waals surface area contributed by atoms with Crippen LogP contribution in [0.4, 0.5) is 23.2 Å². The molecule has 0 aliphatic carbocycles. The lowest BCUT2D eigenvalue weighted by atomic mass is 10.1. The molecule has 0 aliphatic heterocycles. The van der Waals surface area contributed by atoms with Crippen LogP contribution >= 0.6 is 15.9 Å². The van der Waals surface area contributed by atoms with E-state index in [9.17, 15) is 27.2 Å². The van der Waals surface area contributed by atoms with Crippen LogP contribution in [0.25, 0.3) is 0 Å². The molecule has 0 atom stereocenters. The fourth-order valence-electron chi connectivity index (χ4n) is 1.76. The van der Waals surface area contributed by atoms with Gasteiger partial charge in [0.15, 0.2) is 0 Å². The average Bonchev–Trinajstić information content (AvgIpc) is 2.48. The molecule has 1 heterocycles. The minimum atomic E-state index is -4.72. The van der Waals surface area contributed by atoms with Gasteiger partial charge in [0.2, 0.25) is 0 Å². The highest BCUT2D eigenvalue weighted by molar-refractivity contribution is 9.10. The van der Waals surface area contributed by atoms with E-state index in [1.54, 1.807) is 0 Å². The van der Waals surface area contributed by atoms with Gasteiger partial charge in [-0.15, -0.1) is 0 Å². The van der Waals surface area contributed by atoms with Gasteiger partial charge in [-0.1, -0.05) is 0 Å². The first-order chi connectivity index (χ1) is 11.1. The Morgan fingerprint density at radius 1 is 1.17 bits per heavy atom. The van der Waals surface area contributed by atoms with Crippen molar-refractivity contribution >= 4 is 33.4 Å². The summed E-state index contributed by atoms with van der Waals surface area (Å²) in [5.74, 6) is -2.84. The number of nitrogens with two attached hydrogens (primary N) is 1. The van der Waals surface area contributed by atoms with E-state index in [0.717, 1.165) is 24.4 Å².